The van der Waals surface area contributed by atoms with Crippen molar-refractivity contribution >= 4 is 5.91 Å². The van der Waals surface area contributed by atoms with Gasteiger partial charge in [-0.25, -0.2) is 4.39 Å². The van der Waals surface area contributed by atoms with E-state index in [2.05, 4.69) is 4.90 Å². The first-order valence-electron chi connectivity index (χ1n) is 10.1. The largest absolute Gasteiger partial charge is 0.508 e. The Morgan fingerprint density at radius 1 is 1.00 bits per heavy atom. The van der Waals surface area contributed by atoms with Crippen molar-refractivity contribution in [3.05, 3.63) is 65.5 Å². The summed E-state index contributed by atoms with van der Waals surface area (Å²) in [7, 11) is 0. The number of aromatic hydroxyl groups is 1. The predicted molar refractivity (Wildman–Crippen MR) is 107 cm³/mol. The smallest absolute Gasteiger partial charge is 0.253 e. The van der Waals surface area contributed by atoms with E-state index in [0.29, 0.717) is 5.56 Å². The number of hydrogen-bond acceptors (Lipinski definition) is 3. The lowest BCUT2D eigenvalue weighted by Gasteiger charge is -2.38. The van der Waals surface area contributed by atoms with Crippen LogP contribution >= 0.6 is 0 Å². The van der Waals surface area contributed by atoms with E-state index < -0.39 is 0 Å². The van der Waals surface area contributed by atoms with Crippen molar-refractivity contribution < 1.29 is 14.3 Å². The maximum absolute atomic E-state index is 13.6. The molecule has 2 aliphatic heterocycles. The highest BCUT2D eigenvalue weighted by molar-refractivity contribution is 5.94. The Balaban J connectivity index is 1.46. The molecule has 2 saturated heterocycles. The van der Waals surface area contributed by atoms with E-state index in [1.165, 1.54) is 6.07 Å². The zero-order valence-electron chi connectivity index (χ0n) is 16.1. The summed E-state index contributed by atoms with van der Waals surface area (Å²) in [5, 5.41) is 9.45. The molecule has 0 aliphatic carbocycles. The summed E-state index contributed by atoms with van der Waals surface area (Å²) < 4.78 is 13.6. The second kappa shape index (κ2) is 7.92. The van der Waals surface area contributed by atoms with Gasteiger partial charge in [0.25, 0.3) is 5.91 Å². The lowest BCUT2D eigenvalue weighted by Crippen LogP contribution is -2.44. The molecule has 2 fully saturated rings. The van der Waals surface area contributed by atoms with Crippen LogP contribution in [0.25, 0.3) is 0 Å². The van der Waals surface area contributed by atoms with Gasteiger partial charge in [-0.3, -0.25) is 9.69 Å². The molecule has 28 heavy (non-hydrogen) atoms. The van der Waals surface area contributed by atoms with E-state index in [9.17, 15) is 14.3 Å². The van der Waals surface area contributed by atoms with Crippen LogP contribution in [0.1, 0.15) is 48.0 Å². The Bertz CT molecular complexity index is 839. The van der Waals surface area contributed by atoms with Crippen LogP contribution in [0.2, 0.25) is 0 Å². The molecule has 0 bridgehead atoms. The normalized spacial score (nSPS) is 23.1. The highest BCUT2D eigenvalue weighted by Gasteiger charge is 2.42. The number of phenols is 1. The van der Waals surface area contributed by atoms with Crippen molar-refractivity contribution in [1.29, 1.82) is 0 Å². The van der Waals surface area contributed by atoms with Gasteiger partial charge in [0, 0.05) is 30.7 Å². The van der Waals surface area contributed by atoms with Crippen molar-refractivity contribution in [3.8, 4) is 5.75 Å². The molecular weight excluding hydrogens is 355 g/mol. The minimum absolute atomic E-state index is 0.0340. The zero-order valence-corrected chi connectivity index (χ0v) is 16.1. The lowest BCUT2D eigenvalue weighted by molar-refractivity contribution is 0.0738. The number of nitrogens with zero attached hydrogens (tertiary/aromatic N) is 2. The molecule has 1 atom stereocenters. The van der Waals surface area contributed by atoms with Gasteiger partial charge in [-0.05, 0) is 80.6 Å². The van der Waals surface area contributed by atoms with Crippen molar-refractivity contribution in [1.82, 2.24) is 9.80 Å². The fraction of sp³-hybridized carbons (Fsp3) is 0.435. The van der Waals surface area contributed by atoms with E-state index >= 15 is 0 Å². The first kappa shape index (κ1) is 18.9. The molecular formula is C23H27FN2O2. The standard InChI is InChI=1S/C23H27FN2O2/c24-20-5-1-4-18(16-20)17-26-14-3-11-23(26)10-2-13-25(15-12-23)22(28)19-6-8-21(27)9-7-19/h1,4-9,16,27H,2-3,10-15,17H2. The van der Waals surface area contributed by atoms with Crippen molar-refractivity contribution in [3.63, 3.8) is 0 Å². The number of benzene rings is 2. The third kappa shape index (κ3) is 3.90. The van der Waals surface area contributed by atoms with Crippen LogP contribution in [0.5, 0.6) is 5.75 Å². The SMILES string of the molecule is O=C(c1ccc(O)cc1)N1CCCC2(CCCN2Cc2cccc(F)c2)CC1. The molecule has 1 amide bonds. The van der Waals surface area contributed by atoms with Crippen LogP contribution in [0, 0.1) is 5.82 Å². The molecule has 0 aromatic heterocycles. The van der Waals surface area contributed by atoms with Crippen LogP contribution in [0.15, 0.2) is 48.5 Å². The lowest BCUT2D eigenvalue weighted by atomic mass is 9.87. The van der Waals surface area contributed by atoms with E-state index in [0.717, 1.165) is 63.8 Å². The molecule has 4 rings (SSSR count). The average molecular weight is 382 g/mol. The molecule has 148 valence electrons. The monoisotopic (exact) mass is 382 g/mol. The first-order valence-corrected chi connectivity index (χ1v) is 10.1. The van der Waals surface area contributed by atoms with E-state index in [1.54, 1.807) is 36.4 Å². The van der Waals surface area contributed by atoms with Gasteiger partial charge in [-0.2, -0.15) is 0 Å². The summed E-state index contributed by atoms with van der Waals surface area (Å²) in [5.74, 6) is 0.0225. The molecule has 1 N–H and O–H groups in total. The summed E-state index contributed by atoms with van der Waals surface area (Å²) in [6.07, 6.45) is 5.29. The molecule has 5 heteroatoms. The Morgan fingerprint density at radius 3 is 2.50 bits per heavy atom. The number of phenolic OH excluding ortho intramolecular Hbond substituents is 1. The van der Waals surface area contributed by atoms with Crippen LogP contribution in [0.4, 0.5) is 4.39 Å². The highest BCUT2D eigenvalue weighted by atomic mass is 19.1. The number of rotatable bonds is 3. The summed E-state index contributed by atoms with van der Waals surface area (Å²) in [6.45, 7) is 3.29. The molecule has 2 aliphatic rings. The van der Waals surface area contributed by atoms with E-state index in [1.807, 2.05) is 11.0 Å². The number of likely N-dealkylation sites (tertiary alicyclic amines) is 2. The van der Waals surface area contributed by atoms with E-state index in [4.69, 9.17) is 0 Å². The minimum atomic E-state index is -0.183. The van der Waals surface area contributed by atoms with Gasteiger partial charge in [0.1, 0.15) is 11.6 Å². The molecule has 1 unspecified atom stereocenters. The number of hydrogen-bond donors (Lipinski definition) is 1. The second-order valence-corrected chi connectivity index (χ2v) is 8.07. The van der Waals surface area contributed by atoms with Crippen LogP contribution < -0.4 is 0 Å². The summed E-state index contributed by atoms with van der Waals surface area (Å²) in [5.41, 5.74) is 1.75. The van der Waals surface area contributed by atoms with Gasteiger partial charge >= 0.3 is 0 Å². The van der Waals surface area contributed by atoms with Gasteiger partial charge < -0.3 is 10.0 Å². The molecule has 4 nitrogen and oxygen atoms in total. The maximum Gasteiger partial charge on any atom is 0.253 e. The van der Waals surface area contributed by atoms with Crippen molar-refractivity contribution in [2.75, 3.05) is 19.6 Å². The zero-order chi connectivity index (χ0) is 19.6. The Morgan fingerprint density at radius 2 is 1.75 bits per heavy atom. The second-order valence-electron chi connectivity index (χ2n) is 8.07. The number of amides is 1. The highest BCUT2D eigenvalue weighted by Crippen LogP contribution is 2.39. The molecule has 2 aromatic rings. The number of carbonyl (C=O) groups excluding carboxylic acids is 1. The van der Waals surface area contributed by atoms with Crippen molar-refractivity contribution in [2.45, 2.75) is 44.2 Å². The van der Waals surface area contributed by atoms with Gasteiger partial charge in [-0.1, -0.05) is 12.1 Å². The van der Waals surface area contributed by atoms with E-state index in [-0.39, 0.29) is 23.0 Å². The summed E-state index contributed by atoms with van der Waals surface area (Å²) >= 11 is 0. The Hall–Kier alpha value is -2.40. The topological polar surface area (TPSA) is 43.8 Å². The number of carbonyl (C=O) groups is 1. The molecule has 2 aromatic carbocycles. The third-order valence-corrected chi connectivity index (χ3v) is 6.32. The quantitative estimate of drug-likeness (QED) is 0.866. The van der Waals surface area contributed by atoms with Gasteiger partial charge in [0.2, 0.25) is 0 Å². The Labute approximate surface area is 165 Å². The van der Waals surface area contributed by atoms with Gasteiger partial charge in [0.05, 0.1) is 0 Å². The van der Waals surface area contributed by atoms with Crippen LogP contribution in [-0.4, -0.2) is 46.0 Å². The van der Waals surface area contributed by atoms with Gasteiger partial charge in [0.15, 0.2) is 0 Å². The molecule has 0 saturated carbocycles. The third-order valence-electron chi connectivity index (χ3n) is 6.32. The Kier molecular flexibility index (Phi) is 5.36. The minimum Gasteiger partial charge on any atom is -0.508 e. The number of halogens is 1. The van der Waals surface area contributed by atoms with Gasteiger partial charge in [-0.15, -0.1) is 0 Å². The summed E-state index contributed by atoms with van der Waals surface area (Å²) in [6, 6.07) is 13.4. The van der Waals surface area contributed by atoms with Crippen LogP contribution in [-0.2, 0) is 6.54 Å². The fourth-order valence-corrected chi connectivity index (χ4v) is 4.83. The predicted octanol–water partition coefficient (Wildman–Crippen LogP) is 4.19. The first-order chi connectivity index (χ1) is 13.6. The molecule has 1 spiro atoms. The molecule has 0 radical (unpaired) electrons. The van der Waals surface area contributed by atoms with Crippen molar-refractivity contribution in [2.24, 2.45) is 0 Å². The molecule has 2 heterocycles. The average Bonchev–Trinajstić information content (AvgIpc) is 2.93. The van der Waals surface area contributed by atoms with Crippen LogP contribution in [0.3, 0.4) is 0 Å². The fourth-order valence-electron chi connectivity index (χ4n) is 4.83. The summed E-state index contributed by atoms with van der Waals surface area (Å²) in [4.78, 5) is 17.3. The maximum atomic E-state index is 13.6.